The van der Waals surface area contributed by atoms with Crippen molar-refractivity contribution in [2.24, 2.45) is 17.8 Å². The third kappa shape index (κ3) is 9.04. The van der Waals surface area contributed by atoms with Gasteiger partial charge in [0, 0.05) is 0 Å². The van der Waals surface area contributed by atoms with Crippen molar-refractivity contribution in [2.75, 3.05) is 13.1 Å². The molecule has 1 N–H and O–H groups in total. The molecule has 0 heterocycles. The first kappa shape index (κ1) is 18.4. The molecule has 0 aliphatic heterocycles. The molecule has 0 aromatic carbocycles. The van der Waals surface area contributed by atoms with Gasteiger partial charge in [-0.1, -0.05) is 41.5 Å². The number of carboxylic acids is 1. The van der Waals surface area contributed by atoms with Crippen LogP contribution in [0.2, 0.25) is 0 Å². The average Bonchev–Trinajstić information content (AvgIpc) is 2.25. The monoisotopic (exact) mass is 271 g/mol. The zero-order valence-corrected chi connectivity index (χ0v) is 13.6. The van der Waals surface area contributed by atoms with Gasteiger partial charge in [0.25, 0.3) is 0 Å². The lowest BCUT2D eigenvalue weighted by atomic mass is 10.00. The first-order chi connectivity index (χ1) is 8.73. The quantitative estimate of drug-likeness (QED) is 0.655. The minimum Gasteiger partial charge on any atom is -0.480 e. The molecule has 3 nitrogen and oxygen atoms in total. The lowest BCUT2D eigenvalue weighted by molar-refractivity contribution is -0.144. The van der Waals surface area contributed by atoms with Crippen molar-refractivity contribution in [3.05, 3.63) is 0 Å². The number of nitrogens with zero attached hydrogens (tertiary/aromatic N) is 1. The van der Waals surface area contributed by atoms with Crippen LogP contribution in [0.15, 0.2) is 0 Å². The summed E-state index contributed by atoms with van der Waals surface area (Å²) >= 11 is 0. The van der Waals surface area contributed by atoms with Crippen LogP contribution < -0.4 is 0 Å². The van der Waals surface area contributed by atoms with Crippen molar-refractivity contribution in [1.82, 2.24) is 4.90 Å². The predicted octanol–water partition coefficient (Wildman–Crippen LogP) is 3.88. The molecule has 0 radical (unpaired) electrons. The molecule has 0 saturated heterocycles. The zero-order valence-electron chi connectivity index (χ0n) is 13.6. The molecule has 0 saturated carbocycles. The summed E-state index contributed by atoms with van der Waals surface area (Å²) in [6.07, 6.45) is 2.88. The van der Waals surface area contributed by atoms with E-state index in [1.54, 1.807) is 0 Å². The highest BCUT2D eigenvalue weighted by Gasteiger charge is 2.26. The smallest absolute Gasteiger partial charge is 0.320 e. The van der Waals surface area contributed by atoms with Crippen LogP contribution in [0.4, 0.5) is 0 Å². The maximum atomic E-state index is 11.5. The van der Waals surface area contributed by atoms with Crippen molar-refractivity contribution < 1.29 is 9.90 Å². The van der Waals surface area contributed by atoms with E-state index in [1.807, 2.05) is 0 Å². The number of carbonyl (C=O) groups is 1. The van der Waals surface area contributed by atoms with Crippen molar-refractivity contribution >= 4 is 5.97 Å². The largest absolute Gasteiger partial charge is 0.480 e. The Morgan fingerprint density at radius 3 is 1.58 bits per heavy atom. The second kappa shape index (κ2) is 9.35. The molecule has 0 amide bonds. The highest BCUT2D eigenvalue weighted by Crippen LogP contribution is 2.16. The van der Waals surface area contributed by atoms with E-state index in [-0.39, 0.29) is 6.04 Å². The predicted molar refractivity (Wildman–Crippen MR) is 81.4 cm³/mol. The van der Waals surface area contributed by atoms with Gasteiger partial charge in [-0.3, -0.25) is 9.69 Å². The molecular weight excluding hydrogens is 238 g/mol. The van der Waals surface area contributed by atoms with Gasteiger partial charge in [-0.15, -0.1) is 0 Å². The summed E-state index contributed by atoms with van der Waals surface area (Å²) < 4.78 is 0. The van der Waals surface area contributed by atoms with E-state index < -0.39 is 5.97 Å². The van der Waals surface area contributed by atoms with Gasteiger partial charge >= 0.3 is 5.97 Å². The van der Waals surface area contributed by atoms with Gasteiger partial charge < -0.3 is 5.11 Å². The second-order valence-electron chi connectivity index (χ2n) is 6.88. The lowest BCUT2D eigenvalue weighted by Gasteiger charge is -2.31. The van der Waals surface area contributed by atoms with Gasteiger partial charge in [-0.25, -0.2) is 0 Å². The number of hydrogen-bond donors (Lipinski definition) is 1. The molecule has 1 atom stereocenters. The fourth-order valence-electron chi connectivity index (χ4n) is 2.12. The van der Waals surface area contributed by atoms with Crippen LogP contribution in [0.25, 0.3) is 0 Å². The van der Waals surface area contributed by atoms with Crippen LogP contribution in [0.5, 0.6) is 0 Å². The summed E-state index contributed by atoms with van der Waals surface area (Å²) in [4.78, 5) is 13.7. The average molecular weight is 271 g/mol. The van der Waals surface area contributed by atoms with Crippen LogP contribution in [-0.2, 0) is 4.79 Å². The topological polar surface area (TPSA) is 40.5 Å². The summed E-state index contributed by atoms with van der Waals surface area (Å²) in [6.45, 7) is 14.8. The highest BCUT2D eigenvalue weighted by atomic mass is 16.4. The number of hydrogen-bond acceptors (Lipinski definition) is 2. The first-order valence-electron chi connectivity index (χ1n) is 7.70. The van der Waals surface area contributed by atoms with E-state index in [2.05, 4.69) is 46.4 Å². The van der Waals surface area contributed by atoms with Crippen molar-refractivity contribution in [2.45, 2.75) is 66.8 Å². The van der Waals surface area contributed by atoms with E-state index in [0.29, 0.717) is 17.8 Å². The summed E-state index contributed by atoms with van der Waals surface area (Å²) in [5, 5.41) is 9.48. The fourth-order valence-corrected chi connectivity index (χ4v) is 2.12. The van der Waals surface area contributed by atoms with E-state index in [4.69, 9.17) is 0 Å². The summed E-state index contributed by atoms with van der Waals surface area (Å²) in [7, 11) is 0. The van der Waals surface area contributed by atoms with Crippen molar-refractivity contribution in [3.63, 3.8) is 0 Å². The molecule has 0 aliphatic rings. The Kier molecular flexibility index (Phi) is 9.07. The molecule has 0 unspecified atom stereocenters. The summed E-state index contributed by atoms with van der Waals surface area (Å²) in [5.74, 6) is 0.994. The Morgan fingerprint density at radius 1 is 0.895 bits per heavy atom. The van der Waals surface area contributed by atoms with E-state index >= 15 is 0 Å². The van der Waals surface area contributed by atoms with Crippen molar-refractivity contribution in [1.29, 1.82) is 0 Å². The Labute approximate surface area is 119 Å². The molecule has 0 aliphatic carbocycles. The standard InChI is InChI=1S/C16H33NO2/c1-12(2)7-9-17(10-8-13(3)4)15(16(18)19)11-14(5)6/h12-15H,7-11H2,1-6H3,(H,18,19)/t15-/m0/s1. The van der Waals surface area contributed by atoms with Crippen LogP contribution in [0.1, 0.15) is 60.8 Å². The third-order valence-corrected chi connectivity index (χ3v) is 3.41. The molecule has 114 valence electrons. The molecule has 0 bridgehead atoms. The Bertz CT molecular complexity index is 237. The normalized spacial score (nSPS) is 13.8. The van der Waals surface area contributed by atoms with Crippen molar-refractivity contribution in [3.8, 4) is 0 Å². The molecule has 0 rings (SSSR count). The Hall–Kier alpha value is -0.570. The van der Waals surface area contributed by atoms with Gasteiger partial charge in [0.1, 0.15) is 6.04 Å². The van der Waals surface area contributed by atoms with Crippen LogP contribution >= 0.6 is 0 Å². The lowest BCUT2D eigenvalue weighted by Crippen LogP contribution is -2.43. The molecule has 19 heavy (non-hydrogen) atoms. The molecule has 0 aromatic heterocycles. The molecule has 0 fully saturated rings. The number of rotatable bonds is 10. The third-order valence-electron chi connectivity index (χ3n) is 3.41. The molecule has 0 spiro atoms. The summed E-state index contributed by atoms with van der Waals surface area (Å²) in [6, 6.07) is -0.322. The number of carboxylic acid groups (broad SMARTS) is 1. The first-order valence-corrected chi connectivity index (χ1v) is 7.70. The molecule has 0 aromatic rings. The maximum Gasteiger partial charge on any atom is 0.320 e. The second-order valence-corrected chi connectivity index (χ2v) is 6.88. The SMILES string of the molecule is CC(C)CCN(CCC(C)C)[C@@H](CC(C)C)C(=O)O. The van der Waals surface area contributed by atoms with Gasteiger partial charge in [0.05, 0.1) is 0 Å². The van der Waals surface area contributed by atoms with Crippen LogP contribution in [0, 0.1) is 17.8 Å². The van der Waals surface area contributed by atoms with Crippen LogP contribution in [0.3, 0.4) is 0 Å². The van der Waals surface area contributed by atoms with Gasteiger partial charge in [-0.2, -0.15) is 0 Å². The minimum absolute atomic E-state index is 0.322. The van der Waals surface area contributed by atoms with Gasteiger partial charge in [-0.05, 0) is 50.1 Å². The maximum absolute atomic E-state index is 11.5. The van der Waals surface area contributed by atoms with Gasteiger partial charge in [0.15, 0.2) is 0 Å². The fraction of sp³-hybridized carbons (Fsp3) is 0.938. The zero-order chi connectivity index (χ0) is 15.0. The molecule has 3 heteroatoms. The number of aliphatic carboxylic acids is 1. The van der Waals surface area contributed by atoms with E-state index in [0.717, 1.165) is 32.4 Å². The Balaban J connectivity index is 4.66. The summed E-state index contributed by atoms with van der Waals surface area (Å²) in [5.41, 5.74) is 0. The highest BCUT2D eigenvalue weighted by molar-refractivity contribution is 5.73. The van der Waals surface area contributed by atoms with E-state index in [1.165, 1.54) is 0 Å². The van der Waals surface area contributed by atoms with E-state index in [9.17, 15) is 9.90 Å². The van der Waals surface area contributed by atoms with Crippen LogP contribution in [-0.4, -0.2) is 35.1 Å². The van der Waals surface area contributed by atoms with Gasteiger partial charge in [0.2, 0.25) is 0 Å². The Morgan fingerprint density at radius 2 is 1.32 bits per heavy atom. The minimum atomic E-state index is -0.666. The molecular formula is C16H33NO2.